The van der Waals surface area contributed by atoms with Crippen LogP contribution in [0.3, 0.4) is 0 Å². The van der Waals surface area contributed by atoms with Gasteiger partial charge in [0.05, 0.1) is 6.54 Å². The monoisotopic (exact) mass is 345 g/mol. The summed E-state index contributed by atoms with van der Waals surface area (Å²) >= 11 is 0. The zero-order chi connectivity index (χ0) is 18.3. The molecular formula is C18H27N5O2. The number of para-hydroxylation sites is 1. The van der Waals surface area contributed by atoms with Crippen molar-refractivity contribution in [1.29, 1.82) is 0 Å². The molecule has 7 heteroatoms. The van der Waals surface area contributed by atoms with Gasteiger partial charge in [-0.25, -0.2) is 4.79 Å². The fraction of sp³-hybridized carbons (Fsp3) is 0.500. The summed E-state index contributed by atoms with van der Waals surface area (Å²) in [7, 11) is 0. The van der Waals surface area contributed by atoms with Gasteiger partial charge in [-0.3, -0.25) is 4.57 Å². The van der Waals surface area contributed by atoms with E-state index < -0.39 is 5.60 Å². The Morgan fingerprint density at radius 1 is 1.24 bits per heavy atom. The van der Waals surface area contributed by atoms with Crippen LogP contribution in [0.2, 0.25) is 0 Å². The molecule has 0 aliphatic carbocycles. The van der Waals surface area contributed by atoms with Gasteiger partial charge in [-0.1, -0.05) is 25.1 Å². The molecule has 0 fully saturated rings. The van der Waals surface area contributed by atoms with Crippen LogP contribution in [0.25, 0.3) is 5.69 Å². The van der Waals surface area contributed by atoms with E-state index in [4.69, 9.17) is 4.74 Å². The molecular weight excluding hydrogens is 318 g/mol. The molecule has 0 aliphatic heterocycles. The largest absolute Gasteiger partial charge is 0.444 e. The Morgan fingerprint density at radius 2 is 1.96 bits per heavy atom. The smallest absolute Gasteiger partial charge is 0.407 e. The summed E-state index contributed by atoms with van der Waals surface area (Å²) in [6, 6.07) is 9.97. The van der Waals surface area contributed by atoms with E-state index >= 15 is 0 Å². The molecule has 0 bridgehead atoms. The van der Waals surface area contributed by atoms with Gasteiger partial charge in [-0.15, -0.1) is 10.2 Å². The van der Waals surface area contributed by atoms with Crippen molar-refractivity contribution in [2.24, 2.45) is 5.92 Å². The topological polar surface area (TPSA) is 81.1 Å². The second kappa shape index (κ2) is 8.62. The molecule has 1 heterocycles. The predicted molar refractivity (Wildman–Crippen MR) is 96.5 cm³/mol. The average Bonchev–Trinajstić information content (AvgIpc) is 3.01. The van der Waals surface area contributed by atoms with Crippen molar-refractivity contribution in [3.8, 4) is 5.69 Å². The summed E-state index contributed by atoms with van der Waals surface area (Å²) in [5.74, 6) is 1.11. The van der Waals surface area contributed by atoms with Crippen molar-refractivity contribution in [1.82, 2.24) is 25.4 Å². The molecule has 1 aromatic carbocycles. The maximum atomic E-state index is 11.6. The normalized spacial score (nSPS) is 12.6. The third kappa shape index (κ3) is 6.54. The summed E-state index contributed by atoms with van der Waals surface area (Å²) in [6.07, 6.45) is 1.32. The quantitative estimate of drug-likeness (QED) is 0.806. The van der Waals surface area contributed by atoms with E-state index in [0.717, 1.165) is 18.1 Å². The van der Waals surface area contributed by atoms with Crippen molar-refractivity contribution in [3.05, 3.63) is 42.5 Å². The van der Waals surface area contributed by atoms with Gasteiger partial charge in [0.2, 0.25) is 0 Å². The highest BCUT2D eigenvalue weighted by Crippen LogP contribution is 2.09. The van der Waals surface area contributed by atoms with Crippen LogP contribution in [0.5, 0.6) is 0 Å². The molecule has 0 saturated carbocycles. The molecule has 0 spiro atoms. The summed E-state index contributed by atoms with van der Waals surface area (Å²) in [5, 5.41) is 14.3. The molecule has 7 nitrogen and oxygen atoms in total. The number of alkyl carbamates (subject to hydrolysis) is 1. The van der Waals surface area contributed by atoms with E-state index in [0.29, 0.717) is 13.1 Å². The number of nitrogens with one attached hydrogen (secondary N) is 2. The first-order valence-corrected chi connectivity index (χ1v) is 8.47. The number of carbonyl (C=O) groups excluding carboxylic acids is 1. The Morgan fingerprint density at radius 3 is 2.64 bits per heavy atom. The molecule has 2 aromatic rings. The Labute approximate surface area is 148 Å². The number of hydrogen-bond donors (Lipinski definition) is 2. The van der Waals surface area contributed by atoms with E-state index in [1.807, 2.05) is 55.7 Å². The molecule has 1 amide bonds. The number of hydrogen-bond acceptors (Lipinski definition) is 5. The van der Waals surface area contributed by atoms with E-state index in [1.165, 1.54) is 0 Å². The first-order chi connectivity index (χ1) is 11.8. The first kappa shape index (κ1) is 18.9. The minimum absolute atomic E-state index is 0.264. The predicted octanol–water partition coefficient (Wildman–Crippen LogP) is 2.52. The molecule has 1 unspecified atom stereocenters. The van der Waals surface area contributed by atoms with Crippen LogP contribution in [0.1, 0.15) is 33.5 Å². The minimum Gasteiger partial charge on any atom is -0.444 e. The average molecular weight is 345 g/mol. The van der Waals surface area contributed by atoms with Crippen LogP contribution < -0.4 is 10.6 Å². The SMILES string of the molecule is CC(CNCc1nncn1-c1ccccc1)CNC(=O)OC(C)(C)C. The highest BCUT2D eigenvalue weighted by atomic mass is 16.6. The van der Waals surface area contributed by atoms with Crippen LogP contribution in [0.4, 0.5) is 4.79 Å². The summed E-state index contributed by atoms with van der Waals surface area (Å²) in [5.41, 5.74) is 0.552. The molecule has 2 rings (SSSR count). The molecule has 0 saturated heterocycles. The molecule has 1 aromatic heterocycles. The first-order valence-electron chi connectivity index (χ1n) is 8.47. The maximum Gasteiger partial charge on any atom is 0.407 e. The molecule has 136 valence electrons. The van der Waals surface area contributed by atoms with Gasteiger partial charge in [0, 0.05) is 12.2 Å². The van der Waals surface area contributed by atoms with Crippen LogP contribution in [0.15, 0.2) is 36.7 Å². The highest BCUT2D eigenvalue weighted by molar-refractivity contribution is 5.67. The lowest BCUT2D eigenvalue weighted by Gasteiger charge is -2.21. The van der Waals surface area contributed by atoms with E-state index in [9.17, 15) is 4.79 Å². The maximum absolute atomic E-state index is 11.6. The van der Waals surface area contributed by atoms with Gasteiger partial charge in [0.15, 0.2) is 5.82 Å². The van der Waals surface area contributed by atoms with E-state index in [-0.39, 0.29) is 12.0 Å². The zero-order valence-electron chi connectivity index (χ0n) is 15.3. The summed E-state index contributed by atoms with van der Waals surface area (Å²) < 4.78 is 7.18. The zero-order valence-corrected chi connectivity index (χ0v) is 15.3. The fourth-order valence-corrected chi connectivity index (χ4v) is 2.26. The number of amides is 1. The summed E-state index contributed by atoms with van der Waals surface area (Å²) in [6.45, 7) is 9.50. The third-order valence-corrected chi connectivity index (χ3v) is 3.42. The lowest BCUT2D eigenvalue weighted by atomic mass is 10.2. The third-order valence-electron chi connectivity index (χ3n) is 3.42. The number of carbonyl (C=O) groups is 1. The lowest BCUT2D eigenvalue weighted by Crippen LogP contribution is -2.37. The number of benzene rings is 1. The van der Waals surface area contributed by atoms with Gasteiger partial charge >= 0.3 is 6.09 Å². The molecule has 0 aliphatic rings. The van der Waals surface area contributed by atoms with Gasteiger partial charge in [-0.05, 0) is 45.4 Å². The minimum atomic E-state index is -0.479. The number of aromatic nitrogens is 3. The van der Waals surface area contributed by atoms with Crippen molar-refractivity contribution in [2.75, 3.05) is 13.1 Å². The van der Waals surface area contributed by atoms with Gasteiger partial charge in [-0.2, -0.15) is 0 Å². The Kier molecular flexibility index (Phi) is 6.52. The molecule has 2 N–H and O–H groups in total. The Balaban J connectivity index is 1.74. The van der Waals surface area contributed by atoms with E-state index in [1.54, 1.807) is 6.33 Å². The number of rotatable bonds is 7. The second-order valence-electron chi connectivity index (χ2n) is 7.07. The van der Waals surface area contributed by atoms with Gasteiger partial charge < -0.3 is 15.4 Å². The fourth-order valence-electron chi connectivity index (χ4n) is 2.26. The van der Waals surface area contributed by atoms with Crippen molar-refractivity contribution < 1.29 is 9.53 Å². The van der Waals surface area contributed by atoms with Crippen LogP contribution in [-0.2, 0) is 11.3 Å². The van der Waals surface area contributed by atoms with Crippen LogP contribution >= 0.6 is 0 Å². The standard InChI is InChI=1S/C18H27N5O2/c1-14(11-20-17(24)25-18(2,3)4)10-19-12-16-22-21-13-23(16)15-8-6-5-7-9-15/h5-9,13-14,19H,10-12H2,1-4H3,(H,20,24). The summed E-state index contributed by atoms with van der Waals surface area (Å²) in [4.78, 5) is 11.6. The molecule has 1 atom stereocenters. The van der Waals surface area contributed by atoms with E-state index in [2.05, 4.69) is 27.8 Å². The van der Waals surface area contributed by atoms with Crippen LogP contribution in [-0.4, -0.2) is 39.5 Å². The van der Waals surface area contributed by atoms with Gasteiger partial charge in [0.1, 0.15) is 11.9 Å². The molecule has 0 radical (unpaired) electrons. The Bertz CT molecular complexity index is 664. The molecule has 25 heavy (non-hydrogen) atoms. The Hall–Kier alpha value is -2.41. The number of nitrogens with zero attached hydrogens (tertiary/aromatic N) is 3. The number of ether oxygens (including phenoxy) is 1. The van der Waals surface area contributed by atoms with Crippen molar-refractivity contribution >= 4 is 6.09 Å². The lowest BCUT2D eigenvalue weighted by molar-refractivity contribution is 0.0520. The van der Waals surface area contributed by atoms with Gasteiger partial charge in [0.25, 0.3) is 0 Å². The second-order valence-corrected chi connectivity index (χ2v) is 7.07. The van der Waals surface area contributed by atoms with Crippen LogP contribution in [0, 0.1) is 5.92 Å². The van der Waals surface area contributed by atoms with Crippen molar-refractivity contribution in [2.45, 2.75) is 39.8 Å². The highest BCUT2D eigenvalue weighted by Gasteiger charge is 2.16. The van der Waals surface area contributed by atoms with Crippen molar-refractivity contribution in [3.63, 3.8) is 0 Å².